The monoisotopic (exact) mass is 386 g/mol. The smallest absolute Gasteiger partial charge is 0.218 e. The Kier molecular flexibility index (Phi) is 5.25. The maximum atomic E-state index is 9.55. The summed E-state index contributed by atoms with van der Waals surface area (Å²) in [6.45, 7) is 4.02. The Morgan fingerprint density at radius 2 is 2.14 bits per heavy atom. The molecule has 0 spiro atoms. The lowest BCUT2D eigenvalue weighted by molar-refractivity contribution is 0.393. The molecule has 3 aromatic rings. The standard InChI is InChI=1S/C22H22N6O/c1-15-5-6-20(17(10-15)11-23)28-9-7-19-18(13-28)21(27-14-26-19)25-12-16-4-3-8-24-22(16)29-2/h3-6,8,10,14H,7,9,12-13H2,1-2H3,(H,25,26,27). The fourth-order valence-corrected chi connectivity index (χ4v) is 3.64. The highest BCUT2D eigenvalue weighted by Crippen LogP contribution is 2.30. The summed E-state index contributed by atoms with van der Waals surface area (Å²) in [5.41, 5.74) is 5.79. The van der Waals surface area contributed by atoms with Crippen molar-refractivity contribution < 1.29 is 4.74 Å². The highest BCUT2D eigenvalue weighted by Gasteiger charge is 2.23. The Morgan fingerprint density at radius 1 is 1.24 bits per heavy atom. The summed E-state index contributed by atoms with van der Waals surface area (Å²) < 4.78 is 5.33. The molecule has 0 amide bonds. The van der Waals surface area contributed by atoms with Gasteiger partial charge in [0.05, 0.1) is 24.1 Å². The molecule has 0 unspecified atom stereocenters. The topological polar surface area (TPSA) is 87.0 Å². The van der Waals surface area contributed by atoms with Gasteiger partial charge in [-0.3, -0.25) is 0 Å². The van der Waals surface area contributed by atoms with Gasteiger partial charge in [-0.15, -0.1) is 0 Å². The summed E-state index contributed by atoms with van der Waals surface area (Å²) in [5, 5.41) is 13.0. The van der Waals surface area contributed by atoms with Crippen LogP contribution in [0.15, 0.2) is 42.9 Å². The highest BCUT2D eigenvalue weighted by molar-refractivity contribution is 5.62. The molecule has 1 aliphatic heterocycles. The van der Waals surface area contributed by atoms with Gasteiger partial charge in [0, 0.05) is 43.4 Å². The number of pyridine rings is 1. The molecule has 2 aromatic heterocycles. The SMILES string of the molecule is COc1ncccc1CNc1ncnc2c1CN(c1ccc(C)cc1C#N)CC2. The zero-order valence-electron chi connectivity index (χ0n) is 16.5. The average molecular weight is 386 g/mol. The Labute approximate surface area is 170 Å². The normalized spacial score (nSPS) is 12.8. The van der Waals surface area contributed by atoms with Crippen LogP contribution in [-0.4, -0.2) is 28.6 Å². The van der Waals surface area contributed by atoms with Crippen LogP contribution in [0.1, 0.15) is 27.9 Å². The Balaban J connectivity index is 1.59. The number of nitrogens with one attached hydrogen (secondary N) is 1. The van der Waals surface area contributed by atoms with Gasteiger partial charge in [0.2, 0.25) is 5.88 Å². The molecule has 146 valence electrons. The van der Waals surface area contributed by atoms with Gasteiger partial charge in [-0.25, -0.2) is 15.0 Å². The van der Waals surface area contributed by atoms with Crippen LogP contribution in [0.3, 0.4) is 0 Å². The summed E-state index contributed by atoms with van der Waals surface area (Å²) in [6, 6.07) is 12.2. The summed E-state index contributed by atoms with van der Waals surface area (Å²) in [5.74, 6) is 1.40. The van der Waals surface area contributed by atoms with Crippen LogP contribution in [0.2, 0.25) is 0 Å². The van der Waals surface area contributed by atoms with E-state index in [2.05, 4.69) is 31.2 Å². The molecule has 1 aromatic carbocycles. The number of anilines is 2. The number of methoxy groups -OCH3 is 1. The molecule has 4 rings (SSSR count). The number of hydrogen-bond acceptors (Lipinski definition) is 7. The Hall–Kier alpha value is -3.66. The van der Waals surface area contributed by atoms with Gasteiger partial charge in [-0.05, 0) is 30.7 Å². The highest BCUT2D eigenvalue weighted by atomic mass is 16.5. The van der Waals surface area contributed by atoms with E-state index in [4.69, 9.17) is 4.74 Å². The molecule has 7 heteroatoms. The van der Waals surface area contributed by atoms with Crippen LogP contribution in [0.25, 0.3) is 0 Å². The van der Waals surface area contributed by atoms with Crippen LogP contribution in [0.4, 0.5) is 11.5 Å². The number of aromatic nitrogens is 3. The number of benzene rings is 1. The van der Waals surface area contributed by atoms with E-state index >= 15 is 0 Å². The molecule has 0 fully saturated rings. The van der Waals surface area contributed by atoms with Crippen molar-refractivity contribution in [3.63, 3.8) is 0 Å². The van der Waals surface area contributed by atoms with E-state index in [-0.39, 0.29) is 0 Å². The van der Waals surface area contributed by atoms with Gasteiger partial charge < -0.3 is 15.0 Å². The third kappa shape index (κ3) is 3.83. The molecule has 0 radical (unpaired) electrons. The summed E-state index contributed by atoms with van der Waals surface area (Å²) >= 11 is 0. The van der Waals surface area contributed by atoms with Crippen molar-refractivity contribution in [2.24, 2.45) is 0 Å². The van der Waals surface area contributed by atoms with Crippen molar-refractivity contribution in [2.45, 2.75) is 26.4 Å². The molecular weight excluding hydrogens is 364 g/mol. The van der Waals surface area contributed by atoms with Crippen molar-refractivity contribution in [1.29, 1.82) is 5.26 Å². The van der Waals surface area contributed by atoms with Crippen molar-refractivity contribution >= 4 is 11.5 Å². The van der Waals surface area contributed by atoms with Crippen molar-refractivity contribution in [1.82, 2.24) is 15.0 Å². The first-order chi connectivity index (χ1) is 14.2. The third-order valence-electron chi connectivity index (χ3n) is 5.10. The summed E-state index contributed by atoms with van der Waals surface area (Å²) in [7, 11) is 1.62. The predicted molar refractivity (Wildman–Crippen MR) is 111 cm³/mol. The van der Waals surface area contributed by atoms with Gasteiger partial charge in [0.15, 0.2) is 0 Å². The van der Waals surface area contributed by atoms with Crippen LogP contribution in [-0.2, 0) is 19.5 Å². The Morgan fingerprint density at radius 3 is 2.97 bits per heavy atom. The maximum absolute atomic E-state index is 9.55. The molecule has 29 heavy (non-hydrogen) atoms. The number of aryl methyl sites for hydroxylation is 1. The molecule has 0 bridgehead atoms. The number of nitriles is 1. The van der Waals surface area contributed by atoms with Crippen LogP contribution >= 0.6 is 0 Å². The fourth-order valence-electron chi connectivity index (χ4n) is 3.64. The van der Waals surface area contributed by atoms with Gasteiger partial charge in [0.1, 0.15) is 18.2 Å². The van der Waals surface area contributed by atoms with Crippen molar-refractivity contribution in [2.75, 3.05) is 23.9 Å². The Bertz CT molecular complexity index is 1080. The van der Waals surface area contributed by atoms with E-state index in [1.54, 1.807) is 19.6 Å². The van der Waals surface area contributed by atoms with Crippen LogP contribution in [0.5, 0.6) is 5.88 Å². The fraction of sp³-hybridized carbons (Fsp3) is 0.273. The van der Waals surface area contributed by atoms with Crippen LogP contribution in [0, 0.1) is 18.3 Å². The van der Waals surface area contributed by atoms with E-state index in [0.29, 0.717) is 24.5 Å². The molecule has 1 aliphatic rings. The predicted octanol–water partition coefficient (Wildman–Crippen LogP) is 3.24. The van der Waals surface area contributed by atoms with E-state index < -0.39 is 0 Å². The first-order valence-electron chi connectivity index (χ1n) is 9.50. The third-order valence-corrected chi connectivity index (χ3v) is 5.10. The molecule has 3 heterocycles. The molecule has 0 aliphatic carbocycles. The number of fused-ring (bicyclic) bond motifs is 1. The summed E-state index contributed by atoms with van der Waals surface area (Å²) in [6.07, 6.45) is 4.12. The van der Waals surface area contributed by atoms with Crippen molar-refractivity contribution in [3.05, 3.63) is 70.8 Å². The minimum absolute atomic E-state index is 0.550. The lowest BCUT2D eigenvalue weighted by Gasteiger charge is -2.31. The van der Waals surface area contributed by atoms with E-state index in [1.807, 2.05) is 37.3 Å². The second-order valence-electron chi connectivity index (χ2n) is 6.98. The number of hydrogen-bond donors (Lipinski definition) is 1. The second-order valence-corrected chi connectivity index (χ2v) is 6.98. The molecular formula is C22H22N6O. The number of ether oxygens (including phenoxy) is 1. The van der Waals surface area contributed by atoms with E-state index in [1.165, 1.54) is 0 Å². The molecule has 7 nitrogen and oxygen atoms in total. The molecule has 0 saturated carbocycles. The van der Waals surface area contributed by atoms with Gasteiger partial charge in [-0.1, -0.05) is 12.1 Å². The minimum Gasteiger partial charge on any atom is -0.481 e. The molecule has 0 atom stereocenters. The molecule has 0 saturated heterocycles. The first kappa shape index (κ1) is 18.7. The quantitative estimate of drug-likeness (QED) is 0.720. The zero-order chi connectivity index (χ0) is 20.2. The minimum atomic E-state index is 0.550. The average Bonchev–Trinajstić information content (AvgIpc) is 2.77. The largest absolute Gasteiger partial charge is 0.481 e. The number of nitrogens with zero attached hydrogens (tertiary/aromatic N) is 5. The number of rotatable bonds is 5. The maximum Gasteiger partial charge on any atom is 0.218 e. The first-order valence-corrected chi connectivity index (χ1v) is 9.50. The molecule has 1 N–H and O–H groups in total. The van der Waals surface area contributed by atoms with Gasteiger partial charge >= 0.3 is 0 Å². The lowest BCUT2D eigenvalue weighted by Crippen LogP contribution is -2.32. The van der Waals surface area contributed by atoms with Gasteiger partial charge in [0.25, 0.3) is 0 Å². The van der Waals surface area contributed by atoms with E-state index in [9.17, 15) is 5.26 Å². The lowest BCUT2D eigenvalue weighted by atomic mass is 10.0. The van der Waals surface area contributed by atoms with Gasteiger partial charge in [-0.2, -0.15) is 5.26 Å². The summed E-state index contributed by atoms with van der Waals surface area (Å²) in [4.78, 5) is 15.4. The zero-order valence-corrected chi connectivity index (χ0v) is 16.5. The van der Waals surface area contributed by atoms with E-state index in [0.717, 1.165) is 46.9 Å². The van der Waals surface area contributed by atoms with Crippen LogP contribution < -0.4 is 15.0 Å². The van der Waals surface area contributed by atoms with Crippen molar-refractivity contribution in [3.8, 4) is 11.9 Å². The second kappa shape index (κ2) is 8.15.